The number of halogens is 3. The van der Waals surface area contributed by atoms with Gasteiger partial charge in [0.05, 0.1) is 18.3 Å². The maximum atomic E-state index is 13.2. The second-order valence-corrected chi connectivity index (χ2v) is 9.67. The summed E-state index contributed by atoms with van der Waals surface area (Å²) in [6.07, 6.45) is -4.37. The molecule has 1 aromatic rings. The third kappa shape index (κ3) is 10.0. The van der Waals surface area contributed by atoms with Gasteiger partial charge in [0.15, 0.2) is 0 Å². The van der Waals surface area contributed by atoms with Crippen LogP contribution in [-0.4, -0.2) is 81.4 Å². The van der Waals surface area contributed by atoms with Gasteiger partial charge in [0.1, 0.15) is 5.75 Å². The number of carbonyl (C=O) groups excluding carboxylic acids is 2. The van der Waals surface area contributed by atoms with Crippen LogP contribution in [0.5, 0.6) is 5.75 Å². The molecule has 4 atom stereocenters. The maximum absolute atomic E-state index is 13.2. The van der Waals surface area contributed by atoms with Crippen molar-refractivity contribution in [2.75, 3.05) is 40.5 Å². The molecule has 5 N–H and O–H groups in total. The van der Waals surface area contributed by atoms with E-state index >= 15 is 0 Å². The molecule has 1 aromatic carbocycles. The van der Waals surface area contributed by atoms with Crippen molar-refractivity contribution in [3.63, 3.8) is 0 Å². The number of aliphatic hydroxyl groups excluding tert-OH is 1. The lowest BCUT2D eigenvalue weighted by Gasteiger charge is -2.31. The van der Waals surface area contributed by atoms with Crippen molar-refractivity contribution in [3.8, 4) is 5.75 Å². The van der Waals surface area contributed by atoms with Gasteiger partial charge in [-0.25, -0.2) is 0 Å². The van der Waals surface area contributed by atoms with Crippen molar-refractivity contribution in [2.45, 2.75) is 64.0 Å². The molecule has 1 rings (SSSR count). The highest BCUT2D eigenvalue weighted by atomic mass is 19.4. The summed E-state index contributed by atoms with van der Waals surface area (Å²) in [6.45, 7) is 5.31. The third-order valence-corrected chi connectivity index (χ3v) is 6.52. The zero-order valence-corrected chi connectivity index (χ0v) is 22.8. The lowest BCUT2D eigenvalue weighted by atomic mass is 9.87. The molecule has 12 heteroatoms. The summed E-state index contributed by atoms with van der Waals surface area (Å²) in [4.78, 5) is 25.0. The Hall–Kier alpha value is -2.41. The van der Waals surface area contributed by atoms with Gasteiger partial charge < -0.3 is 35.7 Å². The standard InChI is InChI=1S/C26H42F3N3O6/c1-17(2)18(14-20(30)21(33)16-32-24(35)25(3,37-5)26(27,28)29)15-31-23(34)19-10-6-7-11-22(19)38-13-9-8-12-36-4/h6-7,10-11,17-18,20-21,33H,8-9,12-16,30H2,1-5H3,(H,31,34)(H,32,35). The van der Waals surface area contributed by atoms with E-state index in [9.17, 15) is 27.9 Å². The highest BCUT2D eigenvalue weighted by molar-refractivity contribution is 5.96. The maximum Gasteiger partial charge on any atom is 0.426 e. The zero-order chi connectivity index (χ0) is 28.9. The van der Waals surface area contributed by atoms with E-state index < -0.39 is 36.4 Å². The second kappa shape index (κ2) is 15.9. The SMILES string of the molecule is COCCCCOc1ccccc1C(=O)NCC(CC(N)C(O)CNC(=O)C(C)(OC)C(F)(F)F)C(C)C. The Balaban J connectivity index is 2.68. The van der Waals surface area contributed by atoms with Gasteiger partial charge in [-0.1, -0.05) is 26.0 Å². The molecule has 218 valence electrons. The smallest absolute Gasteiger partial charge is 0.426 e. The van der Waals surface area contributed by atoms with E-state index in [0.29, 0.717) is 31.5 Å². The van der Waals surface area contributed by atoms with Crippen LogP contribution in [0.1, 0.15) is 50.4 Å². The monoisotopic (exact) mass is 549 g/mol. The Bertz CT molecular complexity index is 871. The number of para-hydroxylation sites is 1. The summed E-state index contributed by atoms with van der Waals surface area (Å²) >= 11 is 0. The van der Waals surface area contributed by atoms with E-state index in [2.05, 4.69) is 15.4 Å². The Labute approximate surface area is 222 Å². The van der Waals surface area contributed by atoms with Crippen molar-refractivity contribution < 1.29 is 42.1 Å². The quantitative estimate of drug-likeness (QED) is 0.220. The number of amides is 2. The molecule has 0 radical (unpaired) electrons. The normalized spacial score (nSPS) is 15.9. The summed E-state index contributed by atoms with van der Waals surface area (Å²) in [5, 5.41) is 15.3. The molecule has 0 saturated heterocycles. The van der Waals surface area contributed by atoms with Crippen molar-refractivity contribution in [1.82, 2.24) is 10.6 Å². The molecule has 0 aromatic heterocycles. The molecule has 0 aliphatic heterocycles. The van der Waals surface area contributed by atoms with Crippen LogP contribution in [0.4, 0.5) is 13.2 Å². The first-order chi connectivity index (χ1) is 17.8. The van der Waals surface area contributed by atoms with E-state index in [1.807, 2.05) is 13.8 Å². The number of methoxy groups -OCH3 is 2. The van der Waals surface area contributed by atoms with Crippen LogP contribution in [0.15, 0.2) is 24.3 Å². The topological polar surface area (TPSA) is 132 Å². The fraction of sp³-hybridized carbons (Fsp3) is 0.692. The lowest BCUT2D eigenvalue weighted by molar-refractivity contribution is -0.253. The summed E-state index contributed by atoms with van der Waals surface area (Å²) in [7, 11) is 2.41. The number of benzene rings is 1. The Morgan fingerprint density at radius 1 is 1.05 bits per heavy atom. The van der Waals surface area contributed by atoms with Gasteiger partial charge in [-0.05, 0) is 50.2 Å². The van der Waals surface area contributed by atoms with Crippen molar-refractivity contribution in [2.24, 2.45) is 17.6 Å². The molecule has 0 aliphatic rings. The largest absolute Gasteiger partial charge is 0.493 e. The summed E-state index contributed by atoms with van der Waals surface area (Å²) in [5.74, 6) is -1.37. The predicted octanol–water partition coefficient (Wildman–Crippen LogP) is 2.66. The molecule has 38 heavy (non-hydrogen) atoms. The summed E-state index contributed by atoms with van der Waals surface area (Å²) < 4.78 is 54.7. The van der Waals surface area contributed by atoms with Gasteiger partial charge in [-0.15, -0.1) is 0 Å². The van der Waals surface area contributed by atoms with Crippen LogP contribution in [-0.2, 0) is 14.3 Å². The van der Waals surface area contributed by atoms with Gasteiger partial charge in [-0.3, -0.25) is 9.59 Å². The molecular formula is C26H42F3N3O6. The average Bonchev–Trinajstić information content (AvgIpc) is 2.87. The minimum atomic E-state index is -4.94. The molecule has 0 fully saturated rings. The Morgan fingerprint density at radius 3 is 2.26 bits per heavy atom. The van der Waals surface area contributed by atoms with Gasteiger partial charge in [-0.2, -0.15) is 13.2 Å². The van der Waals surface area contributed by atoms with Crippen LogP contribution >= 0.6 is 0 Å². The number of hydrogen-bond acceptors (Lipinski definition) is 7. The van der Waals surface area contributed by atoms with Gasteiger partial charge in [0.2, 0.25) is 5.60 Å². The number of hydrogen-bond donors (Lipinski definition) is 4. The molecule has 0 saturated carbocycles. The third-order valence-electron chi connectivity index (χ3n) is 6.52. The van der Waals surface area contributed by atoms with Gasteiger partial charge >= 0.3 is 6.18 Å². The second-order valence-electron chi connectivity index (χ2n) is 9.67. The fourth-order valence-corrected chi connectivity index (χ4v) is 3.58. The molecule has 0 aliphatic carbocycles. The number of nitrogens with two attached hydrogens (primary N) is 1. The number of alkyl halides is 3. The van der Waals surface area contributed by atoms with E-state index in [4.69, 9.17) is 15.2 Å². The first kappa shape index (κ1) is 33.6. The molecule has 0 heterocycles. The molecule has 4 unspecified atom stereocenters. The van der Waals surface area contributed by atoms with Gasteiger partial charge in [0, 0.05) is 40.0 Å². The average molecular weight is 550 g/mol. The number of nitrogens with one attached hydrogen (secondary N) is 2. The minimum Gasteiger partial charge on any atom is -0.493 e. The first-order valence-corrected chi connectivity index (χ1v) is 12.6. The number of unbranched alkanes of at least 4 members (excludes halogenated alkanes) is 1. The summed E-state index contributed by atoms with van der Waals surface area (Å²) in [6, 6.07) is 6.04. The Kier molecular flexibility index (Phi) is 14.0. The summed E-state index contributed by atoms with van der Waals surface area (Å²) in [5.41, 5.74) is 3.44. The number of ether oxygens (including phenoxy) is 3. The van der Waals surface area contributed by atoms with E-state index in [-0.39, 0.29) is 30.7 Å². The molecule has 0 bridgehead atoms. The number of rotatable bonds is 17. The fourth-order valence-electron chi connectivity index (χ4n) is 3.58. The van der Waals surface area contributed by atoms with Crippen molar-refractivity contribution >= 4 is 11.8 Å². The molecular weight excluding hydrogens is 507 g/mol. The van der Waals surface area contributed by atoms with E-state index in [1.54, 1.807) is 31.4 Å². The van der Waals surface area contributed by atoms with Crippen LogP contribution in [0, 0.1) is 11.8 Å². The lowest BCUT2D eigenvalue weighted by Crippen LogP contribution is -2.58. The van der Waals surface area contributed by atoms with Crippen LogP contribution in [0.3, 0.4) is 0 Å². The van der Waals surface area contributed by atoms with Gasteiger partial charge in [0.25, 0.3) is 11.8 Å². The number of carbonyl (C=O) groups is 2. The molecule has 0 spiro atoms. The van der Waals surface area contributed by atoms with Crippen LogP contribution < -0.4 is 21.1 Å². The molecule has 2 amide bonds. The first-order valence-electron chi connectivity index (χ1n) is 12.6. The van der Waals surface area contributed by atoms with E-state index in [0.717, 1.165) is 20.0 Å². The zero-order valence-electron chi connectivity index (χ0n) is 22.8. The predicted molar refractivity (Wildman–Crippen MR) is 137 cm³/mol. The van der Waals surface area contributed by atoms with Crippen LogP contribution in [0.25, 0.3) is 0 Å². The highest BCUT2D eigenvalue weighted by Gasteiger charge is 2.57. The van der Waals surface area contributed by atoms with E-state index in [1.165, 1.54) is 0 Å². The highest BCUT2D eigenvalue weighted by Crippen LogP contribution is 2.33. The van der Waals surface area contributed by atoms with Crippen molar-refractivity contribution in [1.29, 1.82) is 0 Å². The minimum absolute atomic E-state index is 0.0671. The van der Waals surface area contributed by atoms with Crippen LogP contribution in [0.2, 0.25) is 0 Å². The Morgan fingerprint density at radius 2 is 1.68 bits per heavy atom. The molecule has 9 nitrogen and oxygen atoms in total. The van der Waals surface area contributed by atoms with Crippen molar-refractivity contribution in [3.05, 3.63) is 29.8 Å². The number of aliphatic hydroxyl groups is 1.